The lowest BCUT2D eigenvalue weighted by Gasteiger charge is -2.11. The predicted molar refractivity (Wildman–Crippen MR) is 94.5 cm³/mol. The van der Waals surface area contributed by atoms with Gasteiger partial charge in [0, 0.05) is 10.0 Å². The summed E-state index contributed by atoms with van der Waals surface area (Å²) in [6.07, 6.45) is 0. The molecule has 1 aromatic heterocycles. The Morgan fingerprint density at radius 1 is 1.17 bits per heavy atom. The van der Waals surface area contributed by atoms with Crippen LogP contribution in [-0.4, -0.2) is 23.3 Å². The van der Waals surface area contributed by atoms with Crippen LogP contribution in [0.25, 0.3) is 11.5 Å². The van der Waals surface area contributed by atoms with E-state index < -0.39 is 5.25 Å². The standard InChI is InChI=1S/C17H13BrN2O3S/c1-22-16(21)14(11-6-3-2-4-7-11)24-17-20-19-15(23-17)12-8-5-9-13(18)10-12/h2-10,14H,1H3. The van der Waals surface area contributed by atoms with Crippen molar-refractivity contribution in [1.82, 2.24) is 10.2 Å². The van der Waals surface area contributed by atoms with E-state index in [2.05, 4.69) is 26.1 Å². The molecule has 3 aromatic rings. The van der Waals surface area contributed by atoms with Gasteiger partial charge < -0.3 is 9.15 Å². The Morgan fingerprint density at radius 3 is 2.67 bits per heavy atom. The molecule has 3 rings (SSSR count). The van der Waals surface area contributed by atoms with Crippen molar-refractivity contribution >= 4 is 33.7 Å². The first-order valence-corrected chi connectivity index (χ1v) is 8.73. The number of benzene rings is 2. The van der Waals surface area contributed by atoms with Crippen molar-refractivity contribution in [1.29, 1.82) is 0 Å². The van der Waals surface area contributed by atoms with Gasteiger partial charge in [0.15, 0.2) is 0 Å². The number of thioether (sulfide) groups is 1. The molecule has 1 unspecified atom stereocenters. The molecule has 0 N–H and O–H groups in total. The minimum Gasteiger partial charge on any atom is -0.468 e. The van der Waals surface area contributed by atoms with Crippen LogP contribution >= 0.6 is 27.7 Å². The molecular weight excluding hydrogens is 392 g/mol. The minimum absolute atomic E-state index is 0.309. The summed E-state index contributed by atoms with van der Waals surface area (Å²) in [5.74, 6) is 0.0314. The van der Waals surface area contributed by atoms with Crippen molar-refractivity contribution in [3.63, 3.8) is 0 Å². The summed E-state index contributed by atoms with van der Waals surface area (Å²) in [5.41, 5.74) is 1.62. The number of nitrogens with zero attached hydrogens (tertiary/aromatic N) is 2. The Labute approximate surface area is 151 Å². The third-order valence-electron chi connectivity index (χ3n) is 3.21. The number of methoxy groups -OCH3 is 1. The first kappa shape index (κ1) is 16.7. The van der Waals surface area contributed by atoms with Crippen molar-refractivity contribution in [2.45, 2.75) is 10.5 Å². The average Bonchev–Trinajstić information content (AvgIpc) is 3.08. The van der Waals surface area contributed by atoms with Gasteiger partial charge in [-0.25, -0.2) is 0 Å². The summed E-state index contributed by atoms with van der Waals surface area (Å²) in [6.45, 7) is 0. The zero-order chi connectivity index (χ0) is 16.9. The van der Waals surface area contributed by atoms with Crippen molar-refractivity contribution in [2.75, 3.05) is 7.11 Å². The van der Waals surface area contributed by atoms with E-state index in [0.717, 1.165) is 15.6 Å². The molecular formula is C17H13BrN2O3S. The lowest BCUT2D eigenvalue weighted by atomic mass is 10.1. The second-order valence-electron chi connectivity index (χ2n) is 4.82. The molecule has 122 valence electrons. The fourth-order valence-corrected chi connectivity index (χ4v) is 3.39. The van der Waals surface area contributed by atoms with Crippen molar-refractivity contribution in [3.8, 4) is 11.5 Å². The fourth-order valence-electron chi connectivity index (χ4n) is 2.08. The normalized spacial score (nSPS) is 11.9. The molecule has 7 heteroatoms. The van der Waals surface area contributed by atoms with E-state index in [-0.39, 0.29) is 5.97 Å². The van der Waals surface area contributed by atoms with E-state index in [9.17, 15) is 4.79 Å². The van der Waals surface area contributed by atoms with Crippen molar-refractivity contribution < 1.29 is 13.9 Å². The van der Waals surface area contributed by atoms with Crippen LogP contribution in [0.15, 0.2) is 68.7 Å². The van der Waals surface area contributed by atoms with Crippen LogP contribution in [0, 0.1) is 0 Å². The number of aromatic nitrogens is 2. The monoisotopic (exact) mass is 404 g/mol. The summed E-state index contributed by atoms with van der Waals surface area (Å²) >= 11 is 4.58. The number of hydrogen-bond acceptors (Lipinski definition) is 6. The summed E-state index contributed by atoms with van der Waals surface area (Å²) < 4.78 is 11.5. The maximum atomic E-state index is 12.1. The van der Waals surface area contributed by atoms with E-state index in [4.69, 9.17) is 9.15 Å². The number of carbonyl (C=O) groups excluding carboxylic acids is 1. The highest BCUT2D eigenvalue weighted by atomic mass is 79.9. The highest BCUT2D eigenvalue weighted by Crippen LogP contribution is 2.36. The van der Waals surface area contributed by atoms with Crippen LogP contribution in [0.3, 0.4) is 0 Å². The first-order valence-electron chi connectivity index (χ1n) is 7.06. The van der Waals surface area contributed by atoms with E-state index in [1.165, 1.54) is 18.9 Å². The quantitative estimate of drug-likeness (QED) is 0.460. The maximum absolute atomic E-state index is 12.1. The van der Waals surface area contributed by atoms with Gasteiger partial charge >= 0.3 is 5.97 Å². The highest BCUT2D eigenvalue weighted by molar-refractivity contribution is 9.10. The molecule has 0 saturated carbocycles. The summed E-state index contributed by atoms with van der Waals surface area (Å²) in [5, 5.41) is 7.82. The Kier molecular flexibility index (Phi) is 5.32. The summed E-state index contributed by atoms with van der Waals surface area (Å²) in [6, 6.07) is 16.9. The Balaban J connectivity index is 1.85. The number of halogens is 1. The maximum Gasteiger partial charge on any atom is 0.323 e. The van der Waals surface area contributed by atoms with Crippen LogP contribution < -0.4 is 0 Å². The van der Waals surface area contributed by atoms with E-state index in [1.807, 2.05) is 54.6 Å². The van der Waals surface area contributed by atoms with Crippen LogP contribution in [0.5, 0.6) is 0 Å². The molecule has 24 heavy (non-hydrogen) atoms. The molecule has 0 amide bonds. The van der Waals surface area contributed by atoms with Gasteiger partial charge in [-0.05, 0) is 35.5 Å². The van der Waals surface area contributed by atoms with Crippen LogP contribution in [0.2, 0.25) is 0 Å². The highest BCUT2D eigenvalue weighted by Gasteiger charge is 2.25. The van der Waals surface area contributed by atoms with Crippen LogP contribution in [0.1, 0.15) is 10.8 Å². The predicted octanol–water partition coefficient (Wildman–Crippen LogP) is 4.51. The smallest absolute Gasteiger partial charge is 0.323 e. The van der Waals surface area contributed by atoms with Gasteiger partial charge in [-0.1, -0.05) is 52.3 Å². The number of hydrogen-bond donors (Lipinski definition) is 0. The molecule has 0 fully saturated rings. The fraction of sp³-hybridized carbons (Fsp3) is 0.118. The second kappa shape index (κ2) is 7.63. The van der Waals surface area contributed by atoms with Crippen molar-refractivity contribution in [3.05, 3.63) is 64.6 Å². The molecule has 0 spiro atoms. The Morgan fingerprint density at radius 2 is 1.96 bits per heavy atom. The zero-order valence-electron chi connectivity index (χ0n) is 12.7. The summed E-state index contributed by atoms with van der Waals surface area (Å²) in [4.78, 5) is 12.1. The van der Waals surface area contributed by atoms with Gasteiger partial charge in [0.05, 0.1) is 7.11 Å². The van der Waals surface area contributed by atoms with E-state index >= 15 is 0 Å². The van der Waals surface area contributed by atoms with E-state index in [0.29, 0.717) is 11.1 Å². The van der Waals surface area contributed by atoms with Crippen LogP contribution in [-0.2, 0) is 9.53 Å². The van der Waals surface area contributed by atoms with Gasteiger partial charge in [-0.3, -0.25) is 4.79 Å². The largest absolute Gasteiger partial charge is 0.468 e. The molecule has 1 atom stereocenters. The van der Waals surface area contributed by atoms with Gasteiger partial charge in [0.25, 0.3) is 5.22 Å². The van der Waals surface area contributed by atoms with Crippen LogP contribution in [0.4, 0.5) is 0 Å². The molecule has 0 aliphatic carbocycles. The van der Waals surface area contributed by atoms with Gasteiger partial charge in [0.2, 0.25) is 5.89 Å². The number of carbonyl (C=O) groups is 1. The van der Waals surface area contributed by atoms with Gasteiger partial charge in [-0.15, -0.1) is 10.2 Å². The third kappa shape index (κ3) is 3.85. The van der Waals surface area contributed by atoms with Gasteiger partial charge in [0.1, 0.15) is 5.25 Å². The molecule has 0 bridgehead atoms. The van der Waals surface area contributed by atoms with Crippen molar-refractivity contribution in [2.24, 2.45) is 0 Å². The second-order valence-corrected chi connectivity index (χ2v) is 6.79. The molecule has 2 aromatic carbocycles. The van der Waals surface area contributed by atoms with Gasteiger partial charge in [-0.2, -0.15) is 0 Å². The Hall–Kier alpha value is -2.12. The Bertz CT molecular complexity index is 839. The topological polar surface area (TPSA) is 65.2 Å². The molecule has 0 saturated heterocycles. The molecule has 1 heterocycles. The SMILES string of the molecule is COC(=O)C(Sc1nnc(-c2cccc(Br)c2)o1)c1ccccc1. The molecule has 0 aliphatic heterocycles. The lowest BCUT2D eigenvalue weighted by Crippen LogP contribution is -2.11. The average molecular weight is 405 g/mol. The number of ether oxygens (including phenoxy) is 1. The molecule has 0 aliphatic rings. The van der Waals surface area contributed by atoms with E-state index in [1.54, 1.807) is 0 Å². The third-order valence-corrected chi connectivity index (χ3v) is 4.77. The molecule has 5 nitrogen and oxygen atoms in total. The number of esters is 1. The number of rotatable bonds is 5. The first-order chi connectivity index (χ1) is 11.7. The lowest BCUT2D eigenvalue weighted by molar-refractivity contribution is -0.140. The summed E-state index contributed by atoms with van der Waals surface area (Å²) in [7, 11) is 1.36. The molecule has 0 radical (unpaired) electrons. The zero-order valence-corrected chi connectivity index (χ0v) is 15.1. The minimum atomic E-state index is -0.563.